The Hall–Kier alpha value is -1.92. The van der Waals surface area contributed by atoms with E-state index >= 15 is 0 Å². The Morgan fingerprint density at radius 3 is 2.92 bits per heavy atom. The molecule has 26 heavy (non-hydrogen) atoms. The Morgan fingerprint density at radius 2 is 2.23 bits per heavy atom. The fourth-order valence-electron chi connectivity index (χ4n) is 3.63. The summed E-state index contributed by atoms with van der Waals surface area (Å²) in [4.78, 5) is 11.9. The van der Waals surface area contributed by atoms with E-state index in [0.29, 0.717) is 11.8 Å². The van der Waals surface area contributed by atoms with E-state index in [1.54, 1.807) is 18.0 Å². The van der Waals surface area contributed by atoms with Gasteiger partial charge in [0, 0.05) is 18.0 Å². The van der Waals surface area contributed by atoms with Crippen LogP contribution in [-0.2, 0) is 0 Å². The van der Waals surface area contributed by atoms with E-state index in [1.165, 1.54) is 7.11 Å². The second-order valence-electron chi connectivity index (χ2n) is 6.39. The number of ether oxygens (including phenoxy) is 1. The third-order valence-electron chi connectivity index (χ3n) is 4.94. The number of amidine groups is 1. The maximum absolute atomic E-state index is 10.1. The number of nitrogens with zero attached hydrogens (tertiary/aromatic N) is 3. The van der Waals surface area contributed by atoms with E-state index in [4.69, 9.17) is 21.3 Å². The summed E-state index contributed by atoms with van der Waals surface area (Å²) in [7, 11) is 1.53. The predicted molar refractivity (Wildman–Crippen MR) is 105 cm³/mol. The van der Waals surface area contributed by atoms with Crippen molar-refractivity contribution in [2.75, 3.05) is 12.9 Å². The number of phenolic OH excluding ortho intramolecular Hbond substituents is 1. The van der Waals surface area contributed by atoms with Crippen LogP contribution in [0.1, 0.15) is 36.7 Å². The summed E-state index contributed by atoms with van der Waals surface area (Å²) in [5.74, 6) is 1.37. The van der Waals surface area contributed by atoms with Crippen LogP contribution in [0.3, 0.4) is 0 Å². The SMILES string of the molecule is CC[C@@H]1CSC2=N[C@@H](c3ccccn3)[C@@H](c3cc(Cl)c(O)c(OC)c3)N21. The molecule has 1 aromatic carbocycles. The minimum Gasteiger partial charge on any atom is -0.503 e. The smallest absolute Gasteiger partial charge is 0.176 e. The molecule has 3 heterocycles. The van der Waals surface area contributed by atoms with Crippen molar-refractivity contribution in [2.24, 2.45) is 4.99 Å². The number of methoxy groups -OCH3 is 1. The molecule has 7 heteroatoms. The van der Waals surface area contributed by atoms with E-state index in [0.717, 1.165) is 28.6 Å². The van der Waals surface area contributed by atoms with Crippen LogP contribution < -0.4 is 4.74 Å². The fourth-order valence-corrected chi connectivity index (χ4v) is 5.19. The fraction of sp³-hybridized carbons (Fsp3) is 0.368. The average molecular weight is 390 g/mol. The van der Waals surface area contributed by atoms with Gasteiger partial charge < -0.3 is 14.7 Å². The normalized spacial score (nSPS) is 24.5. The molecule has 1 fully saturated rings. The van der Waals surface area contributed by atoms with Gasteiger partial charge in [0.15, 0.2) is 16.7 Å². The lowest BCUT2D eigenvalue weighted by atomic mass is 9.95. The Morgan fingerprint density at radius 1 is 1.38 bits per heavy atom. The van der Waals surface area contributed by atoms with Gasteiger partial charge in [-0.1, -0.05) is 36.4 Å². The molecule has 4 rings (SSSR count). The van der Waals surface area contributed by atoms with Gasteiger partial charge >= 0.3 is 0 Å². The highest BCUT2D eigenvalue weighted by Gasteiger charge is 2.45. The lowest BCUT2D eigenvalue weighted by Crippen LogP contribution is -2.35. The van der Waals surface area contributed by atoms with E-state index in [-0.39, 0.29) is 22.9 Å². The number of hydrogen-bond acceptors (Lipinski definition) is 6. The molecule has 2 aliphatic rings. The summed E-state index contributed by atoms with van der Waals surface area (Å²) < 4.78 is 5.32. The van der Waals surface area contributed by atoms with E-state index in [1.807, 2.05) is 30.3 Å². The predicted octanol–water partition coefficient (Wildman–Crippen LogP) is 4.43. The van der Waals surface area contributed by atoms with Gasteiger partial charge in [0.2, 0.25) is 0 Å². The lowest BCUT2D eigenvalue weighted by molar-refractivity contribution is 0.254. The summed E-state index contributed by atoms with van der Waals surface area (Å²) in [5.41, 5.74) is 1.90. The first-order valence-corrected chi connectivity index (χ1v) is 9.96. The van der Waals surface area contributed by atoms with E-state index < -0.39 is 0 Å². The van der Waals surface area contributed by atoms with Crippen LogP contribution in [0.2, 0.25) is 5.02 Å². The first-order chi connectivity index (χ1) is 12.6. The van der Waals surface area contributed by atoms with Crippen molar-refractivity contribution in [3.8, 4) is 11.5 Å². The van der Waals surface area contributed by atoms with Crippen LogP contribution in [0.25, 0.3) is 0 Å². The molecule has 0 unspecified atom stereocenters. The Kier molecular flexibility index (Phi) is 4.71. The largest absolute Gasteiger partial charge is 0.503 e. The summed E-state index contributed by atoms with van der Waals surface area (Å²) in [6, 6.07) is 9.85. The maximum Gasteiger partial charge on any atom is 0.176 e. The average Bonchev–Trinajstić information content (AvgIpc) is 3.23. The molecule has 5 nitrogen and oxygen atoms in total. The van der Waals surface area contributed by atoms with Gasteiger partial charge in [-0.15, -0.1) is 0 Å². The first-order valence-electron chi connectivity index (χ1n) is 8.60. The van der Waals surface area contributed by atoms with Crippen LogP contribution in [0.4, 0.5) is 0 Å². The van der Waals surface area contributed by atoms with E-state index in [2.05, 4.69) is 16.8 Å². The Balaban J connectivity index is 1.83. The molecule has 136 valence electrons. The zero-order valence-electron chi connectivity index (χ0n) is 14.6. The summed E-state index contributed by atoms with van der Waals surface area (Å²) in [5, 5.41) is 11.5. The van der Waals surface area contributed by atoms with Gasteiger partial charge in [-0.05, 0) is 36.2 Å². The van der Waals surface area contributed by atoms with Crippen molar-refractivity contribution in [3.05, 3.63) is 52.8 Å². The number of benzene rings is 1. The molecule has 0 spiro atoms. The highest BCUT2D eigenvalue weighted by atomic mass is 35.5. The molecule has 1 aromatic heterocycles. The highest BCUT2D eigenvalue weighted by molar-refractivity contribution is 8.14. The third-order valence-corrected chi connectivity index (χ3v) is 6.36. The summed E-state index contributed by atoms with van der Waals surface area (Å²) in [6.45, 7) is 2.20. The number of phenols is 1. The van der Waals surface area contributed by atoms with E-state index in [9.17, 15) is 5.11 Å². The maximum atomic E-state index is 10.1. The summed E-state index contributed by atoms with van der Waals surface area (Å²) >= 11 is 8.07. The third kappa shape index (κ3) is 2.81. The highest BCUT2D eigenvalue weighted by Crippen LogP contribution is 2.50. The minimum absolute atomic E-state index is 0.0214. The van der Waals surface area contributed by atoms with Crippen molar-refractivity contribution in [1.29, 1.82) is 0 Å². The van der Waals surface area contributed by atoms with Crippen LogP contribution >= 0.6 is 23.4 Å². The number of thioether (sulfide) groups is 1. The molecule has 0 bridgehead atoms. The van der Waals surface area contributed by atoms with Crippen LogP contribution in [-0.4, -0.2) is 39.1 Å². The monoisotopic (exact) mass is 389 g/mol. The Bertz CT molecular complexity index is 846. The molecule has 3 atom stereocenters. The van der Waals surface area contributed by atoms with Gasteiger partial charge in [-0.3, -0.25) is 9.98 Å². The number of aliphatic imine (C=N–C) groups is 1. The van der Waals surface area contributed by atoms with Crippen LogP contribution in [0.5, 0.6) is 11.5 Å². The Labute approximate surface area is 162 Å². The van der Waals surface area contributed by atoms with Crippen molar-refractivity contribution in [2.45, 2.75) is 31.5 Å². The van der Waals surface area contributed by atoms with Gasteiger partial charge in [-0.25, -0.2) is 0 Å². The van der Waals surface area contributed by atoms with Gasteiger partial charge in [0.1, 0.15) is 6.04 Å². The molecule has 2 aromatic rings. The van der Waals surface area contributed by atoms with Crippen molar-refractivity contribution >= 4 is 28.5 Å². The molecule has 1 N–H and O–H groups in total. The molecule has 0 saturated carbocycles. The van der Waals surface area contributed by atoms with Gasteiger partial charge in [-0.2, -0.15) is 0 Å². The van der Waals surface area contributed by atoms with Gasteiger partial charge in [0.25, 0.3) is 0 Å². The van der Waals surface area contributed by atoms with Crippen LogP contribution in [0.15, 0.2) is 41.5 Å². The number of fused-ring (bicyclic) bond motifs is 1. The minimum atomic E-state index is -0.113. The number of aromatic hydroxyl groups is 1. The number of halogens is 1. The zero-order chi connectivity index (χ0) is 18.3. The number of hydrogen-bond donors (Lipinski definition) is 1. The van der Waals surface area contributed by atoms with Crippen molar-refractivity contribution < 1.29 is 9.84 Å². The summed E-state index contributed by atoms with van der Waals surface area (Å²) in [6.07, 6.45) is 2.84. The molecule has 0 amide bonds. The first kappa shape index (κ1) is 17.5. The molecule has 0 aliphatic carbocycles. The number of pyridine rings is 1. The molecule has 0 radical (unpaired) electrons. The molecule has 2 aliphatic heterocycles. The quantitative estimate of drug-likeness (QED) is 0.838. The zero-order valence-corrected chi connectivity index (χ0v) is 16.2. The lowest BCUT2D eigenvalue weighted by Gasteiger charge is -2.32. The van der Waals surface area contributed by atoms with Crippen LogP contribution in [0, 0.1) is 0 Å². The molecular weight excluding hydrogens is 370 g/mol. The standard InChI is InChI=1S/C19H20ClN3O2S/c1-3-12-10-26-19-22-16(14-6-4-5-7-21-14)17(23(12)19)11-8-13(20)18(24)15(9-11)25-2/h4-9,12,16-17,24H,3,10H2,1-2H3/t12-,16+,17-/m1/s1. The molecular formula is C19H20ClN3O2S. The molecule has 1 saturated heterocycles. The number of rotatable bonds is 4. The van der Waals surface area contributed by atoms with Crippen molar-refractivity contribution in [1.82, 2.24) is 9.88 Å². The number of aromatic nitrogens is 1. The van der Waals surface area contributed by atoms with Crippen molar-refractivity contribution in [3.63, 3.8) is 0 Å². The second kappa shape index (κ2) is 7.00. The van der Waals surface area contributed by atoms with Gasteiger partial charge in [0.05, 0.1) is 23.9 Å². The topological polar surface area (TPSA) is 58.0 Å². The second-order valence-corrected chi connectivity index (χ2v) is 7.78.